The molecule has 3 atom stereocenters. The standard InChI is InChI=1S/C16H21ClN2/c1-11-7-8-14(17)12(9-11)10-15-13-5-3-4-6-16(13)19(2)18-15/h3-6,11-12,14H,7-10H2,1-2H3. The maximum absolute atomic E-state index is 6.52. The minimum atomic E-state index is 0.317. The van der Waals surface area contributed by atoms with Gasteiger partial charge in [0.1, 0.15) is 0 Å². The van der Waals surface area contributed by atoms with Crippen molar-refractivity contribution in [1.82, 2.24) is 9.78 Å². The summed E-state index contributed by atoms with van der Waals surface area (Å²) in [4.78, 5) is 0. The first kappa shape index (κ1) is 13.0. The van der Waals surface area contributed by atoms with Gasteiger partial charge in [-0.3, -0.25) is 4.68 Å². The molecule has 2 nitrogen and oxygen atoms in total. The van der Waals surface area contributed by atoms with Gasteiger partial charge in [-0.05, 0) is 43.6 Å². The highest BCUT2D eigenvalue weighted by Crippen LogP contribution is 2.35. The number of rotatable bonds is 2. The van der Waals surface area contributed by atoms with Crippen LogP contribution in [0.3, 0.4) is 0 Å². The second-order valence-electron chi connectivity index (χ2n) is 5.99. The Hall–Kier alpha value is -1.02. The molecule has 3 heteroatoms. The lowest BCUT2D eigenvalue weighted by atomic mass is 9.79. The summed E-state index contributed by atoms with van der Waals surface area (Å²) in [7, 11) is 2.02. The fourth-order valence-electron chi connectivity index (χ4n) is 3.36. The quantitative estimate of drug-likeness (QED) is 0.753. The molecule has 0 spiro atoms. The Kier molecular flexibility index (Phi) is 3.53. The Morgan fingerprint density at radius 1 is 1.32 bits per heavy atom. The van der Waals surface area contributed by atoms with E-state index < -0.39 is 0 Å². The third-order valence-electron chi connectivity index (χ3n) is 4.44. The predicted octanol–water partition coefficient (Wildman–Crippen LogP) is 4.16. The van der Waals surface area contributed by atoms with Crippen LogP contribution in [-0.4, -0.2) is 15.2 Å². The van der Waals surface area contributed by atoms with Crippen LogP contribution in [0.15, 0.2) is 24.3 Å². The number of aryl methyl sites for hydroxylation is 1. The highest BCUT2D eigenvalue weighted by atomic mass is 35.5. The molecule has 1 saturated carbocycles. The van der Waals surface area contributed by atoms with Crippen LogP contribution in [0.4, 0.5) is 0 Å². The van der Waals surface area contributed by atoms with Gasteiger partial charge >= 0.3 is 0 Å². The molecule has 1 heterocycles. The Morgan fingerprint density at radius 3 is 2.95 bits per heavy atom. The van der Waals surface area contributed by atoms with Crippen LogP contribution in [0.1, 0.15) is 31.9 Å². The summed E-state index contributed by atoms with van der Waals surface area (Å²) >= 11 is 6.52. The Morgan fingerprint density at radius 2 is 2.11 bits per heavy atom. The number of hydrogen-bond donors (Lipinski definition) is 0. The number of benzene rings is 1. The molecule has 3 unspecified atom stereocenters. The Bertz CT molecular complexity index is 575. The van der Waals surface area contributed by atoms with Crippen molar-refractivity contribution in [2.75, 3.05) is 0 Å². The summed E-state index contributed by atoms with van der Waals surface area (Å²) in [5.74, 6) is 1.37. The SMILES string of the molecule is CC1CCC(Cl)C(Cc2nn(C)c3ccccc23)C1. The summed E-state index contributed by atoms with van der Waals surface area (Å²) in [6, 6.07) is 8.47. The monoisotopic (exact) mass is 276 g/mol. The van der Waals surface area contributed by atoms with Crippen LogP contribution in [0.2, 0.25) is 0 Å². The lowest BCUT2D eigenvalue weighted by Crippen LogP contribution is -2.26. The largest absolute Gasteiger partial charge is 0.268 e. The molecule has 1 aliphatic rings. The molecule has 3 rings (SSSR count). The highest BCUT2D eigenvalue weighted by molar-refractivity contribution is 6.20. The van der Waals surface area contributed by atoms with Crippen LogP contribution < -0.4 is 0 Å². The van der Waals surface area contributed by atoms with Crippen LogP contribution >= 0.6 is 11.6 Å². The first-order chi connectivity index (χ1) is 9.15. The number of aromatic nitrogens is 2. The zero-order valence-electron chi connectivity index (χ0n) is 11.6. The zero-order chi connectivity index (χ0) is 13.4. The van der Waals surface area contributed by atoms with Crippen molar-refractivity contribution in [3.05, 3.63) is 30.0 Å². The van der Waals surface area contributed by atoms with Gasteiger partial charge in [0, 0.05) is 17.8 Å². The second kappa shape index (κ2) is 5.16. The van der Waals surface area contributed by atoms with Gasteiger partial charge in [0.2, 0.25) is 0 Å². The Balaban J connectivity index is 1.88. The van der Waals surface area contributed by atoms with E-state index >= 15 is 0 Å². The smallest absolute Gasteiger partial charge is 0.0706 e. The van der Waals surface area contributed by atoms with Gasteiger partial charge in [0.05, 0.1) is 11.2 Å². The van der Waals surface area contributed by atoms with Crippen molar-refractivity contribution in [2.24, 2.45) is 18.9 Å². The van der Waals surface area contributed by atoms with E-state index in [1.54, 1.807) is 0 Å². The summed E-state index contributed by atoms with van der Waals surface area (Å²) < 4.78 is 1.99. The lowest BCUT2D eigenvalue weighted by Gasteiger charge is -2.30. The molecule has 0 saturated heterocycles. The summed E-state index contributed by atoms with van der Waals surface area (Å²) in [5, 5.41) is 6.30. The van der Waals surface area contributed by atoms with E-state index in [2.05, 4.69) is 31.2 Å². The summed E-state index contributed by atoms with van der Waals surface area (Å²) in [6.07, 6.45) is 4.67. The molecule has 102 valence electrons. The second-order valence-corrected chi connectivity index (χ2v) is 6.55. The average molecular weight is 277 g/mol. The highest BCUT2D eigenvalue weighted by Gasteiger charge is 2.28. The van der Waals surface area contributed by atoms with Crippen LogP contribution in [0, 0.1) is 11.8 Å². The van der Waals surface area contributed by atoms with Crippen molar-refractivity contribution in [3.63, 3.8) is 0 Å². The molecular weight excluding hydrogens is 256 g/mol. The third-order valence-corrected chi connectivity index (χ3v) is 5.02. The molecule has 19 heavy (non-hydrogen) atoms. The van der Waals surface area contributed by atoms with Crippen molar-refractivity contribution in [3.8, 4) is 0 Å². The molecule has 1 aromatic heterocycles. The lowest BCUT2D eigenvalue weighted by molar-refractivity contribution is 0.286. The van der Waals surface area contributed by atoms with Gasteiger partial charge in [-0.1, -0.05) is 25.1 Å². The molecule has 2 aromatic rings. The van der Waals surface area contributed by atoms with E-state index in [9.17, 15) is 0 Å². The molecule has 0 radical (unpaired) electrons. The van der Waals surface area contributed by atoms with Gasteiger partial charge in [0.25, 0.3) is 0 Å². The van der Waals surface area contributed by atoms with E-state index in [1.165, 1.54) is 29.4 Å². The number of fused-ring (bicyclic) bond motifs is 1. The maximum atomic E-state index is 6.52. The van der Waals surface area contributed by atoms with Crippen molar-refractivity contribution in [1.29, 1.82) is 0 Å². The molecule has 1 aromatic carbocycles. The molecule has 0 N–H and O–H groups in total. The minimum Gasteiger partial charge on any atom is -0.268 e. The first-order valence-electron chi connectivity index (χ1n) is 7.20. The molecule has 1 aliphatic carbocycles. The first-order valence-corrected chi connectivity index (χ1v) is 7.63. The van der Waals surface area contributed by atoms with Crippen LogP contribution in [-0.2, 0) is 13.5 Å². The molecule has 0 bridgehead atoms. The third kappa shape index (κ3) is 2.51. The van der Waals surface area contributed by atoms with E-state index in [0.29, 0.717) is 11.3 Å². The van der Waals surface area contributed by atoms with Gasteiger partial charge in [-0.15, -0.1) is 11.6 Å². The van der Waals surface area contributed by atoms with Crippen molar-refractivity contribution >= 4 is 22.5 Å². The normalized spacial score (nSPS) is 27.8. The molecule has 0 aliphatic heterocycles. The summed E-state index contributed by atoms with van der Waals surface area (Å²) in [6.45, 7) is 2.34. The van der Waals surface area contributed by atoms with Gasteiger partial charge in [-0.25, -0.2) is 0 Å². The number of hydrogen-bond acceptors (Lipinski definition) is 1. The van der Waals surface area contributed by atoms with Crippen LogP contribution in [0.5, 0.6) is 0 Å². The van der Waals surface area contributed by atoms with Gasteiger partial charge in [-0.2, -0.15) is 5.10 Å². The molecule has 1 fully saturated rings. The Labute approximate surface area is 119 Å². The molecule has 0 amide bonds. The number of halogens is 1. The average Bonchev–Trinajstić information content (AvgIpc) is 2.72. The number of nitrogens with zero attached hydrogens (tertiary/aromatic N) is 2. The number of para-hydroxylation sites is 1. The zero-order valence-corrected chi connectivity index (χ0v) is 12.4. The van der Waals surface area contributed by atoms with E-state index in [0.717, 1.165) is 18.8 Å². The fraction of sp³-hybridized carbons (Fsp3) is 0.562. The van der Waals surface area contributed by atoms with Gasteiger partial charge in [0.15, 0.2) is 0 Å². The summed E-state index contributed by atoms with van der Waals surface area (Å²) in [5.41, 5.74) is 2.43. The predicted molar refractivity (Wildman–Crippen MR) is 80.6 cm³/mol. The minimum absolute atomic E-state index is 0.317. The number of alkyl halides is 1. The van der Waals surface area contributed by atoms with E-state index in [1.807, 2.05) is 11.7 Å². The van der Waals surface area contributed by atoms with E-state index in [4.69, 9.17) is 16.7 Å². The van der Waals surface area contributed by atoms with Crippen molar-refractivity contribution in [2.45, 2.75) is 38.0 Å². The fourth-order valence-corrected chi connectivity index (χ4v) is 3.68. The molecular formula is C16H21ClN2. The van der Waals surface area contributed by atoms with Crippen LogP contribution in [0.25, 0.3) is 10.9 Å². The van der Waals surface area contributed by atoms with Gasteiger partial charge < -0.3 is 0 Å². The maximum Gasteiger partial charge on any atom is 0.0706 e. The van der Waals surface area contributed by atoms with E-state index in [-0.39, 0.29) is 0 Å². The topological polar surface area (TPSA) is 17.8 Å². The van der Waals surface area contributed by atoms with Crippen molar-refractivity contribution < 1.29 is 0 Å².